The quantitative estimate of drug-likeness (QED) is 0.149. The van der Waals surface area contributed by atoms with E-state index in [-0.39, 0.29) is 22.3 Å². The summed E-state index contributed by atoms with van der Waals surface area (Å²) in [6.45, 7) is 20.7. The van der Waals surface area contributed by atoms with E-state index in [1.165, 1.54) is 66.8 Å². The Morgan fingerprint density at radius 3 is 1.90 bits per heavy atom. The van der Waals surface area contributed by atoms with E-state index < -0.39 is 0 Å². The van der Waals surface area contributed by atoms with Gasteiger partial charge in [-0.1, -0.05) is 39.0 Å². The molecule has 0 N–H and O–H groups in total. The number of hydrogen-bond acceptors (Lipinski definition) is 2. The van der Waals surface area contributed by atoms with Gasteiger partial charge in [-0.25, -0.2) is 4.98 Å². The van der Waals surface area contributed by atoms with Gasteiger partial charge in [-0.15, -0.1) is 0 Å². The maximum absolute atomic E-state index is 6.83. The number of benzene rings is 7. The zero-order valence-electron chi connectivity index (χ0n) is 41.7. The number of aromatic nitrogens is 4. The van der Waals surface area contributed by atoms with E-state index in [2.05, 4.69) is 253 Å². The summed E-state index contributed by atoms with van der Waals surface area (Å²) >= 11 is 2.61. The zero-order valence-corrected chi connectivity index (χ0v) is 44.0. The molecule has 6 heteroatoms. The summed E-state index contributed by atoms with van der Waals surface area (Å²) in [4.78, 5) is 4.90. The predicted molar refractivity (Wildman–Crippen MR) is 285 cm³/mol. The van der Waals surface area contributed by atoms with Gasteiger partial charge in [0.1, 0.15) is 0 Å². The first-order valence-electron chi connectivity index (χ1n) is 24.7. The topological polar surface area (TPSA) is 36.9 Å². The van der Waals surface area contributed by atoms with E-state index in [0.717, 1.165) is 50.7 Å². The molecule has 354 valence electrons. The molecule has 0 bridgehead atoms. The third kappa shape index (κ3) is 8.20. The van der Waals surface area contributed by atoms with Crippen molar-refractivity contribution >= 4 is 32.8 Å². The number of fused-ring (bicyclic) bond motifs is 5. The molecule has 1 atom stereocenters. The fourth-order valence-electron chi connectivity index (χ4n) is 10.4. The van der Waals surface area contributed by atoms with Gasteiger partial charge in [0.05, 0.1) is 0 Å². The third-order valence-electron chi connectivity index (χ3n) is 14.3. The second-order valence-corrected chi connectivity index (χ2v) is 23.2. The monoisotopic (exact) mass is 1100 g/mol. The van der Waals surface area contributed by atoms with Crippen molar-refractivity contribution in [1.29, 1.82) is 0 Å². The normalized spacial score (nSPS) is 14.4. The summed E-state index contributed by atoms with van der Waals surface area (Å²) < 4.78 is 15.3. The number of imidazole rings is 1. The molecule has 3 heterocycles. The van der Waals surface area contributed by atoms with E-state index in [0.29, 0.717) is 11.5 Å². The number of hydrogen-bond donors (Lipinski definition) is 0. The van der Waals surface area contributed by atoms with E-state index in [1.54, 1.807) is 0 Å². The first-order chi connectivity index (χ1) is 33.5. The molecule has 10 aromatic rings. The van der Waals surface area contributed by atoms with Crippen molar-refractivity contribution in [3.05, 3.63) is 202 Å². The minimum absolute atomic E-state index is 0.0232. The Hall–Kier alpha value is -6.55. The van der Waals surface area contributed by atoms with Gasteiger partial charge in [0.25, 0.3) is 0 Å². The van der Waals surface area contributed by atoms with Gasteiger partial charge in [0, 0.05) is 6.20 Å². The summed E-state index contributed by atoms with van der Waals surface area (Å²) in [5.41, 5.74) is 16.7. The van der Waals surface area contributed by atoms with Gasteiger partial charge >= 0.3 is 347 Å². The van der Waals surface area contributed by atoms with Crippen molar-refractivity contribution in [3.8, 4) is 45.3 Å². The molecule has 0 saturated heterocycles. The zero-order chi connectivity index (χ0) is 48.7. The van der Waals surface area contributed by atoms with Crippen molar-refractivity contribution in [2.45, 2.75) is 104 Å². The summed E-state index contributed by atoms with van der Waals surface area (Å²) in [6.07, 6.45) is 4.98. The Kier molecular flexibility index (Phi) is 11.4. The first kappa shape index (κ1) is 45.9. The Bertz CT molecular complexity index is 3670. The molecule has 0 saturated carbocycles. The molecular weight excluding hydrogens is 1040 g/mol. The number of pyridine rings is 1. The van der Waals surface area contributed by atoms with Crippen LogP contribution in [0.25, 0.3) is 66.6 Å². The van der Waals surface area contributed by atoms with Gasteiger partial charge in [0.2, 0.25) is 0 Å². The van der Waals surface area contributed by atoms with Gasteiger partial charge in [0.15, 0.2) is 0 Å². The van der Waals surface area contributed by atoms with Gasteiger partial charge in [-0.05, 0) is 29.2 Å². The van der Waals surface area contributed by atoms with Crippen LogP contribution in [-0.4, -0.2) is 18.7 Å². The van der Waals surface area contributed by atoms with Crippen molar-refractivity contribution in [2.75, 3.05) is 0 Å². The maximum atomic E-state index is 6.83. The van der Waals surface area contributed by atoms with Crippen LogP contribution in [0, 0.1) is 15.9 Å². The Morgan fingerprint density at radius 1 is 0.557 bits per heavy atom. The molecule has 0 amide bonds. The number of aryl methyl sites for hydroxylation is 1. The molecule has 5 nitrogen and oxygen atoms in total. The van der Waals surface area contributed by atoms with Gasteiger partial charge in [-0.3, -0.25) is 0 Å². The van der Waals surface area contributed by atoms with Crippen molar-refractivity contribution in [2.24, 2.45) is 0 Å². The molecule has 3 aromatic heterocycles. The van der Waals surface area contributed by atoms with E-state index >= 15 is 0 Å². The van der Waals surface area contributed by atoms with Gasteiger partial charge in [-0.2, -0.15) is 0 Å². The molecule has 1 aliphatic carbocycles. The average Bonchev–Trinajstić information content (AvgIpc) is 3.83. The van der Waals surface area contributed by atoms with Crippen LogP contribution in [0.15, 0.2) is 158 Å². The minimum atomic E-state index is -0.0285. The summed E-state index contributed by atoms with van der Waals surface area (Å²) in [5.74, 6) is 2.19. The van der Waals surface area contributed by atoms with Crippen LogP contribution in [-0.2, 0) is 42.0 Å². The van der Waals surface area contributed by atoms with Crippen molar-refractivity contribution in [1.82, 2.24) is 18.7 Å². The van der Waals surface area contributed by atoms with Crippen molar-refractivity contribution < 1.29 is 24.1 Å². The van der Waals surface area contributed by atoms with Crippen LogP contribution < -0.4 is 4.74 Å². The van der Waals surface area contributed by atoms with Crippen LogP contribution in [0.5, 0.6) is 11.5 Å². The summed E-state index contributed by atoms with van der Waals surface area (Å²) in [6, 6.07) is 63.0. The Labute approximate surface area is 423 Å². The number of nitrogens with zero attached hydrogens (tertiary/aromatic N) is 4. The summed E-state index contributed by atoms with van der Waals surface area (Å²) in [5, 5.41) is 2.26. The molecular formula is C64H60N4OPt-2. The Balaban J connectivity index is 1.06. The molecule has 0 radical (unpaired) electrons. The molecule has 7 aromatic carbocycles. The predicted octanol–water partition coefficient (Wildman–Crippen LogP) is 16.5. The molecule has 1 unspecified atom stereocenters. The SMILES string of the molecule is CC(C)(C)c1cc(-c2cccc(-c3ccccc3)c2-n2[c](=[Pt])n(C3CCCc4ccc(Oc5[c-]c6c(cc5)c5ccccc5n6-c5cc(C(C)(C)C)ccn5)[c-]c43)c3ccccc32)cc(C(C)(C)C)c1. The van der Waals surface area contributed by atoms with E-state index in [1.807, 2.05) is 12.3 Å². The average molecular weight is 1100 g/mol. The second kappa shape index (κ2) is 17.4. The van der Waals surface area contributed by atoms with Crippen LogP contribution in [0.1, 0.15) is 109 Å². The second-order valence-electron chi connectivity index (χ2n) is 22.2. The Morgan fingerprint density at radius 2 is 1.19 bits per heavy atom. The third-order valence-corrected chi connectivity index (χ3v) is 15.3. The fourth-order valence-corrected chi connectivity index (χ4v) is 11.6. The number of ether oxygens (including phenoxy) is 1. The molecule has 0 aliphatic heterocycles. The first-order valence-corrected chi connectivity index (χ1v) is 25.8. The standard InChI is InChI=1S/C64H60N4O.Pt/c1-62(2,3)45-33-34-65-60(38-45)68-56-25-14-13-22-52(56)53-32-31-49(40-59(53)68)69-48-30-29-43-21-17-28-55(54(43)39-48)66-41-67(58-27-16-15-26-57(58)66)61-50(42-19-11-10-12-20-42)23-18-24-51(61)44-35-46(63(4,5)6)37-47(36-44)64(7,8)9;/h10-16,18-20,22-27,29-38,55H,17,21,28H2,1-9H3;/q-2;. The molecule has 1 aliphatic rings. The molecule has 70 heavy (non-hydrogen) atoms. The van der Waals surface area contributed by atoms with Crippen LogP contribution in [0.2, 0.25) is 0 Å². The molecule has 0 fully saturated rings. The van der Waals surface area contributed by atoms with E-state index in [4.69, 9.17) is 9.72 Å². The van der Waals surface area contributed by atoms with Crippen molar-refractivity contribution in [3.63, 3.8) is 0 Å². The van der Waals surface area contributed by atoms with Gasteiger partial charge < -0.3 is 0 Å². The summed E-state index contributed by atoms with van der Waals surface area (Å²) in [7, 11) is 0. The van der Waals surface area contributed by atoms with Crippen LogP contribution >= 0.6 is 0 Å². The number of rotatable bonds is 7. The van der Waals surface area contributed by atoms with E-state index in [9.17, 15) is 0 Å². The fraction of sp³-hybridized carbons (Fsp3) is 0.250. The van der Waals surface area contributed by atoms with Crippen LogP contribution in [0.4, 0.5) is 0 Å². The van der Waals surface area contributed by atoms with Crippen LogP contribution in [0.3, 0.4) is 0 Å². The molecule has 11 rings (SSSR count). The molecule has 0 spiro atoms. The number of para-hydroxylation sites is 4.